The number of thiazole rings is 1. The van der Waals surface area contributed by atoms with Crippen LogP contribution in [0.2, 0.25) is 5.02 Å². The summed E-state index contributed by atoms with van der Waals surface area (Å²) in [6.07, 6.45) is 6.07. The van der Waals surface area contributed by atoms with Gasteiger partial charge in [0.1, 0.15) is 22.1 Å². The van der Waals surface area contributed by atoms with Crippen molar-refractivity contribution in [3.63, 3.8) is 0 Å². The smallest absolute Gasteiger partial charge is 0.145 e. The highest BCUT2D eigenvalue weighted by atomic mass is 35.5. The van der Waals surface area contributed by atoms with E-state index in [9.17, 15) is 5.11 Å². The fraction of sp³-hybridized carbons (Fsp3) is 0.448. The Kier molecular flexibility index (Phi) is 5.51. The summed E-state index contributed by atoms with van der Waals surface area (Å²) in [5, 5.41) is 18.0. The molecule has 3 saturated carbocycles. The van der Waals surface area contributed by atoms with E-state index >= 15 is 0 Å². The first kappa shape index (κ1) is 22.9. The van der Waals surface area contributed by atoms with Crippen molar-refractivity contribution in [2.24, 2.45) is 11.8 Å². The van der Waals surface area contributed by atoms with Gasteiger partial charge < -0.3 is 14.4 Å². The Morgan fingerprint density at radius 2 is 1.86 bits per heavy atom. The Hall–Kier alpha value is -2.25. The molecule has 2 heterocycles. The van der Waals surface area contributed by atoms with Gasteiger partial charge in [0.05, 0.1) is 28.0 Å². The number of aryl methyl sites for hydroxylation is 1. The summed E-state index contributed by atoms with van der Waals surface area (Å²) < 4.78 is 13.6. The molecule has 3 aliphatic rings. The van der Waals surface area contributed by atoms with Crippen molar-refractivity contribution < 1.29 is 14.4 Å². The molecule has 0 aliphatic heterocycles. The molecular formula is C29H29ClN2O3S. The van der Waals surface area contributed by atoms with Crippen molar-refractivity contribution in [1.82, 2.24) is 10.1 Å². The molecule has 36 heavy (non-hydrogen) atoms. The largest absolute Gasteiger partial charge is 0.382 e. The van der Waals surface area contributed by atoms with E-state index < -0.39 is 5.60 Å². The summed E-state index contributed by atoms with van der Waals surface area (Å²) in [7, 11) is 0. The molecule has 186 valence electrons. The van der Waals surface area contributed by atoms with Crippen LogP contribution in [0.25, 0.3) is 21.5 Å². The van der Waals surface area contributed by atoms with E-state index in [0.717, 1.165) is 81.9 Å². The molecule has 4 aromatic rings. The Labute approximate surface area is 219 Å². The lowest BCUT2D eigenvalue weighted by Gasteiger charge is -2.41. The number of halogens is 1. The van der Waals surface area contributed by atoms with Gasteiger partial charge in [-0.2, -0.15) is 0 Å². The van der Waals surface area contributed by atoms with Crippen LogP contribution in [-0.4, -0.2) is 21.4 Å². The molecule has 0 radical (unpaired) electrons. The molecule has 0 spiro atoms. The normalized spacial score (nSPS) is 27.7. The second-order valence-corrected chi connectivity index (χ2v) is 12.2. The van der Waals surface area contributed by atoms with Gasteiger partial charge in [-0.3, -0.25) is 0 Å². The Balaban J connectivity index is 1.13. The Morgan fingerprint density at radius 3 is 2.58 bits per heavy atom. The highest BCUT2D eigenvalue weighted by Crippen LogP contribution is 2.57. The molecule has 2 bridgehead atoms. The molecule has 7 rings (SSSR count). The third-order valence-corrected chi connectivity index (χ3v) is 10.0. The maximum absolute atomic E-state index is 11.9. The van der Waals surface area contributed by atoms with Crippen LogP contribution in [0.4, 0.5) is 0 Å². The van der Waals surface area contributed by atoms with Gasteiger partial charge in [0.25, 0.3) is 0 Å². The zero-order chi connectivity index (χ0) is 24.4. The number of benzene rings is 2. The second-order valence-electron chi connectivity index (χ2n) is 10.8. The van der Waals surface area contributed by atoms with E-state index in [1.165, 1.54) is 0 Å². The van der Waals surface area contributed by atoms with Gasteiger partial charge >= 0.3 is 0 Å². The molecule has 2 aromatic heterocycles. The molecule has 3 aliphatic carbocycles. The minimum absolute atomic E-state index is 0.0966. The third-order valence-electron chi connectivity index (χ3n) is 8.53. The van der Waals surface area contributed by atoms with Crippen LogP contribution in [0.15, 0.2) is 47.0 Å². The molecule has 0 unspecified atom stereocenters. The summed E-state index contributed by atoms with van der Waals surface area (Å²) in [6, 6.07) is 14.1. The minimum Gasteiger partial charge on any atom is -0.382 e. The topological polar surface area (TPSA) is 68.4 Å². The van der Waals surface area contributed by atoms with Crippen LogP contribution in [-0.2, 0) is 16.9 Å². The molecule has 2 aromatic carbocycles. The van der Waals surface area contributed by atoms with E-state index in [1.807, 2.05) is 30.3 Å². The maximum atomic E-state index is 11.9. The molecule has 1 N–H and O–H groups in total. The molecule has 5 nitrogen and oxygen atoms in total. The summed E-state index contributed by atoms with van der Waals surface area (Å²) >= 11 is 8.24. The van der Waals surface area contributed by atoms with E-state index in [-0.39, 0.29) is 17.9 Å². The number of nitrogens with zero attached hydrogens (tertiary/aromatic N) is 2. The van der Waals surface area contributed by atoms with E-state index in [0.29, 0.717) is 17.5 Å². The zero-order valence-electron chi connectivity index (χ0n) is 20.2. The van der Waals surface area contributed by atoms with Crippen molar-refractivity contribution in [2.75, 3.05) is 0 Å². The molecular weight excluding hydrogens is 492 g/mol. The van der Waals surface area contributed by atoms with Gasteiger partial charge in [-0.15, -0.1) is 11.3 Å². The lowest BCUT2D eigenvalue weighted by molar-refractivity contribution is -0.116. The first-order valence-electron chi connectivity index (χ1n) is 13.0. The fourth-order valence-electron chi connectivity index (χ4n) is 6.49. The zero-order valence-corrected chi connectivity index (χ0v) is 21.8. The van der Waals surface area contributed by atoms with Crippen molar-refractivity contribution >= 4 is 33.2 Å². The van der Waals surface area contributed by atoms with Crippen LogP contribution in [0.5, 0.6) is 0 Å². The lowest BCUT2D eigenvalue weighted by Crippen LogP contribution is -2.44. The van der Waals surface area contributed by atoms with Crippen molar-refractivity contribution in [2.45, 2.75) is 69.7 Å². The molecule has 4 atom stereocenters. The molecule has 0 saturated heterocycles. The highest BCUT2D eigenvalue weighted by Gasteiger charge is 2.56. The van der Waals surface area contributed by atoms with Gasteiger partial charge in [-0.25, -0.2) is 4.98 Å². The quantitative estimate of drug-likeness (QED) is 0.287. The summed E-state index contributed by atoms with van der Waals surface area (Å²) in [6.45, 7) is 2.51. The fourth-order valence-corrected chi connectivity index (χ4v) is 8.01. The first-order valence-corrected chi connectivity index (χ1v) is 14.2. The van der Waals surface area contributed by atoms with Gasteiger partial charge in [0, 0.05) is 17.0 Å². The van der Waals surface area contributed by atoms with E-state index in [4.69, 9.17) is 25.8 Å². The first-order chi connectivity index (χ1) is 17.5. The minimum atomic E-state index is -0.847. The maximum Gasteiger partial charge on any atom is 0.145 e. The number of fused-ring (bicyclic) bond motifs is 3. The van der Waals surface area contributed by atoms with Crippen molar-refractivity contribution in [3.8, 4) is 11.3 Å². The molecule has 3 fully saturated rings. The van der Waals surface area contributed by atoms with Crippen LogP contribution >= 0.6 is 22.9 Å². The molecule has 7 heteroatoms. The van der Waals surface area contributed by atoms with Gasteiger partial charge in [-0.05, 0) is 81.0 Å². The van der Waals surface area contributed by atoms with Gasteiger partial charge in [0.2, 0.25) is 0 Å². The number of aromatic nitrogens is 2. The average Bonchev–Trinajstić information content (AvgIpc) is 3.45. The van der Waals surface area contributed by atoms with Crippen molar-refractivity contribution in [1.29, 1.82) is 0 Å². The van der Waals surface area contributed by atoms with Crippen LogP contribution in [0, 0.1) is 18.8 Å². The molecule has 0 amide bonds. The average molecular weight is 521 g/mol. The van der Waals surface area contributed by atoms with E-state index in [1.54, 1.807) is 11.3 Å². The predicted molar refractivity (Wildman–Crippen MR) is 141 cm³/mol. The third kappa shape index (κ3) is 3.65. The Morgan fingerprint density at radius 1 is 1.08 bits per heavy atom. The summed E-state index contributed by atoms with van der Waals surface area (Å²) in [5.41, 5.74) is 3.99. The number of rotatable bonds is 6. The summed E-state index contributed by atoms with van der Waals surface area (Å²) in [4.78, 5) is 4.85. The monoisotopic (exact) mass is 520 g/mol. The van der Waals surface area contributed by atoms with Crippen molar-refractivity contribution in [3.05, 3.63) is 69.4 Å². The van der Waals surface area contributed by atoms with E-state index in [2.05, 4.69) is 24.2 Å². The predicted octanol–water partition coefficient (Wildman–Crippen LogP) is 7.38. The Bertz CT molecular complexity index is 1370. The van der Waals surface area contributed by atoms with Crippen LogP contribution in [0.1, 0.15) is 66.3 Å². The van der Waals surface area contributed by atoms with Crippen LogP contribution in [0.3, 0.4) is 0 Å². The summed E-state index contributed by atoms with van der Waals surface area (Å²) in [5.74, 6) is 1.71. The number of hydrogen-bond acceptors (Lipinski definition) is 6. The number of ether oxygens (including phenoxy) is 1. The van der Waals surface area contributed by atoms with Gasteiger partial charge in [-0.1, -0.05) is 41.0 Å². The SMILES string of the molecule is Cc1cccc(Cl)c1-c1noc(C2CC2)c1CO[C@@H]1C[C@H]2CC[C@@H](C1)[C@]2(O)c1nc2ccccc2s1. The van der Waals surface area contributed by atoms with Crippen LogP contribution < -0.4 is 0 Å². The number of aliphatic hydroxyl groups is 1. The standard InChI is InChI=1S/C29H29ClN2O3S/c1-16-5-4-6-22(30)25(16)26-21(27(35-32-26)17-9-10-17)15-34-20-13-18-11-12-19(14-20)29(18,33)28-31-23-7-2-3-8-24(23)36-28/h2-8,17-20,33H,9-15H2,1H3/t18-,19+,20-,29+. The highest BCUT2D eigenvalue weighted by molar-refractivity contribution is 7.18. The number of hydrogen-bond donors (Lipinski definition) is 1. The lowest BCUT2D eigenvalue weighted by atomic mass is 9.73. The second kappa shape index (κ2) is 8.66. The van der Waals surface area contributed by atoms with Gasteiger partial charge in [0.15, 0.2) is 0 Å². The number of para-hydroxylation sites is 1.